The first-order valence-corrected chi connectivity index (χ1v) is 13.5. The highest BCUT2D eigenvalue weighted by Gasteiger charge is 2.33. The molecule has 41 heavy (non-hydrogen) atoms. The molecule has 6 nitrogen and oxygen atoms in total. The lowest BCUT2D eigenvalue weighted by Gasteiger charge is -2.36. The van der Waals surface area contributed by atoms with Crippen LogP contribution in [0.15, 0.2) is 66.2 Å². The summed E-state index contributed by atoms with van der Waals surface area (Å²) in [5, 5.41) is 4.98. The van der Waals surface area contributed by atoms with Crippen molar-refractivity contribution >= 4 is 45.3 Å². The van der Waals surface area contributed by atoms with Crippen molar-refractivity contribution in [1.82, 2.24) is 9.88 Å². The maximum atomic E-state index is 13.4. The Morgan fingerprint density at radius 2 is 1.68 bits per heavy atom. The Kier molecular flexibility index (Phi) is 8.09. The summed E-state index contributed by atoms with van der Waals surface area (Å²) in [5.41, 5.74) is -0.446. The second-order valence-corrected chi connectivity index (χ2v) is 10.3. The number of ether oxygens (including phenoxy) is 1. The Bertz CT molecular complexity index is 1530. The van der Waals surface area contributed by atoms with E-state index in [-0.39, 0.29) is 22.4 Å². The van der Waals surface area contributed by atoms with Gasteiger partial charge in [-0.15, -0.1) is 11.3 Å². The molecule has 0 amide bonds. The van der Waals surface area contributed by atoms with Crippen LogP contribution in [0, 0.1) is 0 Å². The maximum absolute atomic E-state index is 13.4. The van der Waals surface area contributed by atoms with Crippen LogP contribution in [-0.4, -0.2) is 55.2 Å². The third-order valence-corrected chi connectivity index (χ3v) is 7.64. The van der Waals surface area contributed by atoms with Gasteiger partial charge in [-0.05, 0) is 41.8 Å². The summed E-state index contributed by atoms with van der Waals surface area (Å²) in [6.45, 7) is 2.80. The van der Waals surface area contributed by atoms with E-state index in [1.54, 1.807) is 17.5 Å². The molecule has 0 unspecified atom stereocenters. The number of alkyl halides is 6. The number of thiophene rings is 1. The van der Waals surface area contributed by atoms with Gasteiger partial charge in [0.25, 0.3) is 0 Å². The molecule has 1 fully saturated rings. The number of aromatic nitrogens is 1. The summed E-state index contributed by atoms with van der Waals surface area (Å²) in [6, 6.07) is 12.2. The second-order valence-electron chi connectivity index (χ2n) is 9.36. The van der Waals surface area contributed by atoms with E-state index in [9.17, 15) is 31.1 Å². The second kappa shape index (κ2) is 11.6. The normalized spacial score (nSPS) is 14.8. The molecule has 2 aromatic heterocycles. The minimum atomic E-state index is -4.56. The Labute approximate surface area is 235 Å². The van der Waals surface area contributed by atoms with Crippen LogP contribution < -0.4 is 10.2 Å². The van der Waals surface area contributed by atoms with E-state index in [4.69, 9.17) is 4.74 Å². The number of rotatable bonds is 7. The van der Waals surface area contributed by atoms with Crippen LogP contribution in [-0.2, 0) is 17.1 Å². The van der Waals surface area contributed by atoms with Gasteiger partial charge in [-0.2, -0.15) is 26.3 Å². The summed E-state index contributed by atoms with van der Waals surface area (Å²) in [7, 11) is 0. The number of hydrogen-bond acceptors (Lipinski definition) is 7. The fraction of sp³-hybridized carbons (Fsp3) is 0.286. The third-order valence-electron chi connectivity index (χ3n) is 6.75. The first kappa shape index (κ1) is 28.7. The van der Waals surface area contributed by atoms with Gasteiger partial charge in [0, 0.05) is 55.7 Å². The average Bonchev–Trinajstić information content (AvgIpc) is 3.41. The summed E-state index contributed by atoms with van der Waals surface area (Å²) in [4.78, 5) is 21.0. The molecule has 0 bridgehead atoms. The number of esters is 1. The number of fused-ring (bicyclic) bond motifs is 1. The maximum Gasteiger partial charge on any atom is 0.418 e. The van der Waals surface area contributed by atoms with Crippen LogP contribution in [0.1, 0.15) is 20.8 Å². The Hall–Kier alpha value is -3.84. The number of anilines is 3. The largest absolute Gasteiger partial charge is 0.460 e. The van der Waals surface area contributed by atoms with E-state index in [0.717, 1.165) is 29.5 Å². The first-order chi connectivity index (χ1) is 19.5. The van der Waals surface area contributed by atoms with E-state index < -0.39 is 29.4 Å². The number of carbonyl (C=O) groups excluding carboxylic acids is 1. The fourth-order valence-electron chi connectivity index (χ4n) is 4.67. The van der Waals surface area contributed by atoms with Crippen molar-refractivity contribution in [2.45, 2.75) is 12.4 Å². The van der Waals surface area contributed by atoms with Crippen molar-refractivity contribution < 1.29 is 35.9 Å². The molecule has 1 N–H and O–H groups in total. The van der Waals surface area contributed by atoms with Crippen molar-refractivity contribution in [2.24, 2.45) is 0 Å². The van der Waals surface area contributed by atoms with Crippen molar-refractivity contribution in [3.05, 3.63) is 82.2 Å². The molecule has 216 valence electrons. The van der Waals surface area contributed by atoms with E-state index in [1.165, 1.54) is 30.5 Å². The molecule has 13 heteroatoms. The van der Waals surface area contributed by atoms with Crippen LogP contribution in [0.25, 0.3) is 10.9 Å². The number of hydrogen-bond donors (Lipinski definition) is 1. The van der Waals surface area contributed by atoms with Crippen molar-refractivity contribution in [3.8, 4) is 0 Å². The van der Waals surface area contributed by atoms with Gasteiger partial charge in [-0.25, -0.2) is 4.79 Å². The minimum absolute atomic E-state index is 0.104. The van der Waals surface area contributed by atoms with Crippen molar-refractivity contribution in [3.63, 3.8) is 0 Å². The Balaban J connectivity index is 1.16. The molecule has 0 saturated carbocycles. The molecule has 0 atom stereocenters. The van der Waals surface area contributed by atoms with Crippen molar-refractivity contribution in [2.75, 3.05) is 49.5 Å². The van der Waals surface area contributed by atoms with Gasteiger partial charge in [-0.1, -0.05) is 18.2 Å². The molecule has 0 spiro atoms. The lowest BCUT2D eigenvalue weighted by Crippen LogP contribution is -2.47. The zero-order chi connectivity index (χ0) is 29.2. The Morgan fingerprint density at radius 3 is 2.41 bits per heavy atom. The SMILES string of the molecule is O=C(OCCN1CCN(c2cccc(C(F)(F)F)c2)CC1)c1sccc1Nc1ccnc2c(C(F)(F)F)cccc12. The number of carbonyl (C=O) groups is 1. The summed E-state index contributed by atoms with van der Waals surface area (Å²) < 4.78 is 84.9. The molecule has 1 aliphatic heterocycles. The zero-order valence-corrected chi connectivity index (χ0v) is 22.2. The number of benzene rings is 2. The summed E-state index contributed by atoms with van der Waals surface area (Å²) in [6.07, 6.45) is -7.69. The van der Waals surface area contributed by atoms with Gasteiger partial charge in [0.2, 0.25) is 0 Å². The standard InChI is InChI=1S/C28H24F6N4O2S/c29-27(30,31)18-3-1-4-19(17-18)38-12-10-37(11-13-38)14-15-40-26(39)25-23(8-16-41-25)36-22-7-9-35-24-20(22)5-2-6-21(24)28(32,33)34/h1-9,16-17H,10-15H2,(H,35,36). The highest BCUT2D eigenvalue weighted by molar-refractivity contribution is 7.12. The monoisotopic (exact) mass is 594 g/mol. The number of nitrogens with one attached hydrogen (secondary N) is 1. The van der Waals surface area contributed by atoms with E-state index in [1.807, 2.05) is 4.90 Å². The van der Waals surface area contributed by atoms with E-state index in [2.05, 4.69) is 15.2 Å². The first-order valence-electron chi connectivity index (χ1n) is 12.6. The quantitative estimate of drug-likeness (QED) is 0.183. The van der Waals surface area contributed by atoms with Gasteiger partial charge in [-0.3, -0.25) is 9.88 Å². The molecular formula is C28H24F6N4O2S. The van der Waals surface area contributed by atoms with E-state index >= 15 is 0 Å². The topological polar surface area (TPSA) is 57.7 Å². The van der Waals surface area contributed by atoms with Crippen molar-refractivity contribution in [1.29, 1.82) is 0 Å². The highest BCUT2D eigenvalue weighted by Crippen LogP contribution is 2.37. The van der Waals surface area contributed by atoms with Gasteiger partial charge in [0.1, 0.15) is 11.5 Å². The minimum Gasteiger partial charge on any atom is -0.460 e. The fourth-order valence-corrected chi connectivity index (χ4v) is 5.41. The number of pyridine rings is 1. The van der Waals surface area contributed by atoms with Crippen LogP contribution in [0.4, 0.5) is 43.4 Å². The molecule has 1 saturated heterocycles. The van der Waals surface area contributed by atoms with E-state index in [0.29, 0.717) is 49.8 Å². The third kappa shape index (κ3) is 6.57. The predicted molar refractivity (Wildman–Crippen MR) is 145 cm³/mol. The molecule has 5 rings (SSSR count). The van der Waals surface area contributed by atoms with Crippen LogP contribution in [0.3, 0.4) is 0 Å². The molecular weight excluding hydrogens is 570 g/mol. The number of piperazine rings is 1. The smallest absolute Gasteiger partial charge is 0.418 e. The number of nitrogens with zero attached hydrogens (tertiary/aromatic N) is 3. The highest BCUT2D eigenvalue weighted by atomic mass is 32.1. The average molecular weight is 595 g/mol. The van der Waals surface area contributed by atoms with Gasteiger partial charge >= 0.3 is 18.3 Å². The lowest BCUT2D eigenvalue weighted by atomic mass is 10.1. The van der Waals surface area contributed by atoms with Crippen LogP contribution in [0.5, 0.6) is 0 Å². The van der Waals surface area contributed by atoms with Crippen LogP contribution in [0.2, 0.25) is 0 Å². The summed E-state index contributed by atoms with van der Waals surface area (Å²) in [5.74, 6) is -0.570. The van der Waals surface area contributed by atoms with Crippen LogP contribution >= 0.6 is 11.3 Å². The number of halogens is 6. The summed E-state index contributed by atoms with van der Waals surface area (Å²) >= 11 is 1.14. The molecule has 2 aromatic carbocycles. The molecule has 0 radical (unpaired) electrons. The lowest BCUT2D eigenvalue weighted by molar-refractivity contribution is -0.138. The molecule has 1 aliphatic rings. The molecule has 0 aliphatic carbocycles. The van der Waals surface area contributed by atoms with Gasteiger partial charge in [0.15, 0.2) is 0 Å². The van der Waals surface area contributed by atoms with Gasteiger partial charge < -0.3 is 15.0 Å². The number of para-hydroxylation sites is 1. The van der Waals surface area contributed by atoms with Gasteiger partial charge in [0.05, 0.1) is 22.3 Å². The molecule has 4 aromatic rings. The zero-order valence-electron chi connectivity index (χ0n) is 21.4. The predicted octanol–water partition coefficient (Wildman–Crippen LogP) is 7.06. The Morgan fingerprint density at radius 1 is 0.927 bits per heavy atom. The molecule has 3 heterocycles.